The summed E-state index contributed by atoms with van der Waals surface area (Å²) in [6.07, 6.45) is 1.82. The van der Waals surface area contributed by atoms with Crippen LogP contribution >= 0.6 is 11.6 Å². The van der Waals surface area contributed by atoms with Crippen molar-refractivity contribution >= 4 is 23.3 Å². The molecule has 0 spiro atoms. The molecular formula is C11H11ClN2O5. The summed E-state index contributed by atoms with van der Waals surface area (Å²) >= 11 is 5.73. The van der Waals surface area contributed by atoms with E-state index >= 15 is 0 Å². The third-order valence-electron chi connectivity index (χ3n) is 2.73. The summed E-state index contributed by atoms with van der Waals surface area (Å²) in [7, 11) is 0. The van der Waals surface area contributed by atoms with Gasteiger partial charge in [-0.25, -0.2) is 9.78 Å². The molecule has 7 nitrogen and oxygen atoms in total. The molecule has 0 radical (unpaired) electrons. The van der Waals surface area contributed by atoms with E-state index in [2.05, 4.69) is 4.98 Å². The standard InChI is InChI=1S/C11H11ClN2O5/c12-10-9(3-8(4-13-10)14(16)17)11(15)19-6-7-1-2-18-5-7/h3-4,7H,1-2,5-6H2. The molecule has 19 heavy (non-hydrogen) atoms. The fourth-order valence-corrected chi connectivity index (χ4v) is 1.85. The van der Waals surface area contributed by atoms with Gasteiger partial charge in [-0.3, -0.25) is 10.1 Å². The molecule has 0 saturated carbocycles. The number of esters is 1. The molecule has 1 fully saturated rings. The van der Waals surface area contributed by atoms with Crippen molar-refractivity contribution in [3.05, 3.63) is 33.1 Å². The quantitative estimate of drug-likeness (QED) is 0.363. The number of ether oxygens (including phenoxy) is 2. The number of hydrogen-bond acceptors (Lipinski definition) is 6. The second-order valence-corrected chi connectivity index (χ2v) is 4.48. The molecule has 8 heteroatoms. The summed E-state index contributed by atoms with van der Waals surface area (Å²) in [6.45, 7) is 1.41. The van der Waals surface area contributed by atoms with Crippen molar-refractivity contribution in [2.24, 2.45) is 5.92 Å². The van der Waals surface area contributed by atoms with E-state index in [-0.39, 0.29) is 28.9 Å². The largest absolute Gasteiger partial charge is 0.462 e. The average molecular weight is 287 g/mol. The van der Waals surface area contributed by atoms with Crippen LogP contribution in [0.1, 0.15) is 16.8 Å². The molecule has 0 N–H and O–H groups in total. The monoisotopic (exact) mass is 286 g/mol. The van der Waals surface area contributed by atoms with Crippen LogP contribution in [0.2, 0.25) is 5.15 Å². The van der Waals surface area contributed by atoms with Crippen molar-refractivity contribution < 1.29 is 19.2 Å². The van der Waals surface area contributed by atoms with Crippen LogP contribution in [0.5, 0.6) is 0 Å². The number of rotatable bonds is 4. The van der Waals surface area contributed by atoms with E-state index in [9.17, 15) is 14.9 Å². The van der Waals surface area contributed by atoms with E-state index in [1.54, 1.807) is 0 Å². The Morgan fingerprint density at radius 1 is 1.68 bits per heavy atom. The van der Waals surface area contributed by atoms with Gasteiger partial charge in [0.05, 0.1) is 18.1 Å². The van der Waals surface area contributed by atoms with Gasteiger partial charge in [0.25, 0.3) is 5.69 Å². The van der Waals surface area contributed by atoms with Crippen molar-refractivity contribution in [1.29, 1.82) is 0 Å². The van der Waals surface area contributed by atoms with Crippen molar-refractivity contribution in [1.82, 2.24) is 4.98 Å². The van der Waals surface area contributed by atoms with E-state index in [4.69, 9.17) is 21.1 Å². The Kier molecular flexibility index (Phi) is 4.28. The van der Waals surface area contributed by atoms with Crippen LogP contribution in [0, 0.1) is 16.0 Å². The normalized spacial score (nSPS) is 18.3. The van der Waals surface area contributed by atoms with Gasteiger partial charge in [-0.15, -0.1) is 0 Å². The van der Waals surface area contributed by atoms with Crippen molar-refractivity contribution in [2.45, 2.75) is 6.42 Å². The molecule has 1 aromatic heterocycles. The van der Waals surface area contributed by atoms with Gasteiger partial charge in [-0.05, 0) is 6.42 Å². The Morgan fingerprint density at radius 3 is 3.11 bits per heavy atom. The maximum absolute atomic E-state index is 11.8. The topological polar surface area (TPSA) is 91.6 Å². The summed E-state index contributed by atoms with van der Waals surface area (Å²) in [6, 6.07) is 1.06. The molecular weight excluding hydrogens is 276 g/mol. The number of aromatic nitrogens is 1. The molecule has 1 atom stereocenters. The highest BCUT2D eigenvalue weighted by Gasteiger charge is 2.21. The van der Waals surface area contributed by atoms with Crippen LogP contribution in [-0.2, 0) is 9.47 Å². The predicted molar refractivity (Wildman–Crippen MR) is 65.1 cm³/mol. The summed E-state index contributed by atoms with van der Waals surface area (Å²) in [4.78, 5) is 25.3. The van der Waals surface area contributed by atoms with Gasteiger partial charge in [0.15, 0.2) is 0 Å². The lowest BCUT2D eigenvalue weighted by atomic mass is 10.1. The van der Waals surface area contributed by atoms with Gasteiger partial charge < -0.3 is 9.47 Å². The second-order valence-electron chi connectivity index (χ2n) is 4.12. The zero-order chi connectivity index (χ0) is 13.8. The Labute approximate surface area is 113 Å². The summed E-state index contributed by atoms with van der Waals surface area (Å²) < 4.78 is 10.2. The highest BCUT2D eigenvalue weighted by molar-refractivity contribution is 6.32. The number of hydrogen-bond donors (Lipinski definition) is 0. The molecule has 2 heterocycles. The van der Waals surface area contributed by atoms with Crippen LogP contribution < -0.4 is 0 Å². The number of carbonyl (C=O) groups is 1. The minimum atomic E-state index is -0.715. The average Bonchev–Trinajstić information content (AvgIpc) is 2.89. The van der Waals surface area contributed by atoms with E-state index in [1.807, 2.05) is 0 Å². The van der Waals surface area contributed by atoms with Gasteiger partial charge in [0, 0.05) is 18.6 Å². The van der Waals surface area contributed by atoms with E-state index < -0.39 is 10.9 Å². The number of nitro groups is 1. The number of halogens is 1. The van der Waals surface area contributed by atoms with Crippen LogP contribution in [0.25, 0.3) is 0 Å². The molecule has 2 rings (SSSR count). The fourth-order valence-electron chi connectivity index (χ4n) is 1.67. The Bertz CT molecular complexity index is 502. The minimum Gasteiger partial charge on any atom is -0.462 e. The molecule has 0 aromatic carbocycles. The first kappa shape index (κ1) is 13.7. The first-order chi connectivity index (χ1) is 9.08. The fraction of sp³-hybridized carbons (Fsp3) is 0.455. The van der Waals surface area contributed by atoms with Crippen LogP contribution in [-0.4, -0.2) is 35.7 Å². The first-order valence-corrected chi connectivity index (χ1v) is 6.00. The third kappa shape index (κ3) is 3.39. The predicted octanol–water partition coefficient (Wildman–Crippen LogP) is 1.84. The zero-order valence-electron chi connectivity index (χ0n) is 9.87. The lowest BCUT2D eigenvalue weighted by Crippen LogP contribution is -2.15. The highest BCUT2D eigenvalue weighted by Crippen LogP contribution is 2.21. The highest BCUT2D eigenvalue weighted by atomic mass is 35.5. The van der Waals surface area contributed by atoms with Crippen molar-refractivity contribution in [3.63, 3.8) is 0 Å². The van der Waals surface area contributed by atoms with E-state index in [0.717, 1.165) is 18.7 Å². The van der Waals surface area contributed by atoms with E-state index in [0.29, 0.717) is 13.2 Å². The molecule has 1 aliphatic rings. The molecule has 0 bridgehead atoms. The molecule has 1 aromatic rings. The zero-order valence-corrected chi connectivity index (χ0v) is 10.6. The molecule has 1 saturated heterocycles. The Balaban J connectivity index is 2.04. The molecule has 1 unspecified atom stereocenters. The van der Waals surface area contributed by atoms with Crippen molar-refractivity contribution in [3.8, 4) is 0 Å². The number of nitrogens with zero attached hydrogens (tertiary/aromatic N) is 2. The van der Waals surface area contributed by atoms with E-state index in [1.165, 1.54) is 0 Å². The van der Waals surface area contributed by atoms with Gasteiger partial charge in [-0.1, -0.05) is 11.6 Å². The minimum absolute atomic E-state index is 0.102. The third-order valence-corrected chi connectivity index (χ3v) is 3.03. The maximum Gasteiger partial charge on any atom is 0.341 e. The lowest BCUT2D eigenvalue weighted by molar-refractivity contribution is -0.385. The second kappa shape index (κ2) is 5.94. The molecule has 102 valence electrons. The maximum atomic E-state index is 11.8. The molecule has 0 aliphatic carbocycles. The lowest BCUT2D eigenvalue weighted by Gasteiger charge is -2.09. The van der Waals surface area contributed by atoms with Gasteiger partial charge in [0.2, 0.25) is 0 Å². The molecule has 0 amide bonds. The Hall–Kier alpha value is -1.73. The van der Waals surface area contributed by atoms with Crippen molar-refractivity contribution in [2.75, 3.05) is 19.8 Å². The summed E-state index contributed by atoms with van der Waals surface area (Å²) in [5, 5.41) is 10.5. The van der Waals surface area contributed by atoms with Crippen LogP contribution in [0.4, 0.5) is 5.69 Å². The van der Waals surface area contributed by atoms with Crippen LogP contribution in [0.3, 0.4) is 0 Å². The van der Waals surface area contributed by atoms with Gasteiger partial charge in [-0.2, -0.15) is 0 Å². The van der Waals surface area contributed by atoms with Gasteiger partial charge >= 0.3 is 5.97 Å². The first-order valence-electron chi connectivity index (χ1n) is 5.62. The summed E-state index contributed by atoms with van der Waals surface area (Å²) in [5.41, 5.74) is -0.407. The smallest absolute Gasteiger partial charge is 0.341 e. The Morgan fingerprint density at radius 2 is 2.47 bits per heavy atom. The SMILES string of the molecule is O=C(OCC1CCOC1)c1cc([N+](=O)[O-])cnc1Cl. The molecule has 1 aliphatic heterocycles. The number of carbonyl (C=O) groups excluding carboxylic acids is 1. The van der Waals surface area contributed by atoms with Crippen LogP contribution in [0.15, 0.2) is 12.3 Å². The van der Waals surface area contributed by atoms with Gasteiger partial charge in [0.1, 0.15) is 16.9 Å². The number of pyridine rings is 1. The summed E-state index contributed by atoms with van der Waals surface area (Å²) in [5.74, 6) is -0.553.